The third-order valence-electron chi connectivity index (χ3n) is 2.61. The SMILES string of the molecule is CCCOCCN(CCCN)c1ccccc1. The van der Waals surface area contributed by atoms with Gasteiger partial charge in [0.2, 0.25) is 0 Å². The van der Waals surface area contributed by atoms with E-state index in [2.05, 4.69) is 36.1 Å². The van der Waals surface area contributed by atoms with Crippen molar-refractivity contribution in [2.45, 2.75) is 19.8 Å². The van der Waals surface area contributed by atoms with E-state index in [4.69, 9.17) is 10.5 Å². The van der Waals surface area contributed by atoms with Crippen LogP contribution in [0.2, 0.25) is 0 Å². The maximum absolute atomic E-state index is 5.57. The zero-order valence-corrected chi connectivity index (χ0v) is 10.8. The Bertz CT molecular complexity index is 277. The number of nitrogens with two attached hydrogens (primary N) is 1. The number of hydrogen-bond donors (Lipinski definition) is 1. The zero-order chi connectivity index (χ0) is 12.3. The second-order valence-electron chi connectivity index (χ2n) is 4.08. The number of ether oxygens (including phenoxy) is 1. The highest BCUT2D eigenvalue weighted by Crippen LogP contribution is 2.12. The van der Waals surface area contributed by atoms with Gasteiger partial charge in [-0.1, -0.05) is 25.1 Å². The molecular weight excluding hydrogens is 212 g/mol. The number of para-hydroxylation sites is 1. The van der Waals surface area contributed by atoms with E-state index in [1.807, 2.05) is 6.07 Å². The molecule has 0 radical (unpaired) electrons. The van der Waals surface area contributed by atoms with Gasteiger partial charge in [-0.2, -0.15) is 0 Å². The van der Waals surface area contributed by atoms with Gasteiger partial charge in [-0.15, -0.1) is 0 Å². The summed E-state index contributed by atoms with van der Waals surface area (Å²) < 4.78 is 5.54. The van der Waals surface area contributed by atoms with Crippen molar-refractivity contribution in [3.63, 3.8) is 0 Å². The molecule has 0 bridgehead atoms. The van der Waals surface area contributed by atoms with Gasteiger partial charge in [0.15, 0.2) is 0 Å². The lowest BCUT2D eigenvalue weighted by Gasteiger charge is -2.24. The van der Waals surface area contributed by atoms with Crippen LogP contribution >= 0.6 is 0 Å². The summed E-state index contributed by atoms with van der Waals surface area (Å²) in [5.74, 6) is 0. The summed E-state index contributed by atoms with van der Waals surface area (Å²) in [6.07, 6.45) is 2.09. The van der Waals surface area contributed by atoms with E-state index in [1.165, 1.54) is 5.69 Å². The third kappa shape index (κ3) is 5.71. The quantitative estimate of drug-likeness (QED) is 0.668. The lowest BCUT2D eigenvalue weighted by molar-refractivity contribution is 0.140. The van der Waals surface area contributed by atoms with Crippen LogP contribution in [-0.2, 0) is 4.74 Å². The second-order valence-corrected chi connectivity index (χ2v) is 4.08. The van der Waals surface area contributed by atoms with Crippen molar-refractivity contribution < 1.29 is 4.74 Å². The summed E-state index contributed by atoms with van der Waals surface area (Å²) in [4.78, 5) is 2.34. The summed E-state index contributed by atoms with van der Waals surface area (Å²) in [6, 6.07) is 10.4. The molecule has 1 aromatic rings. The molecule has 0 unspecified atom stereocenters. The maximum atomic E-state index is 5.57. The molecule has 3 heteroatoms. The minimum absolute atomic E-state index is 0.735. The summed E-state index contributed by atoms with van der Waals surface area (Å²) in [6.45, 7) is 6.43. The van der Waals surface area contributed by atoms with E-state index in [9.17, 15) is 0 Å². The van der Waals surface area contributed by atoms with Gasteiger partial charge in [0, 0.05) is 25.4 Å². The van der Waals surface area contributed by atoms with Crippen molar-refractivity contribution in [3.8, 4) is 0 Å². The van der Waals surface area contributed by atoms with Crippen LogP contribution < -0.4 is 10.6 Å². The van der Waals surface area contributed by atoms with Gasteiger partial charge >= 0.3 is 0 Å². The number of anilines is 1. The number of rotatable bonds is 9. The minimum atomic E-state index is 0.735. The van der Waals surface area contributed by atoms with E-state index in [-0.39, 0.29) is 0 Å². The molecule has 0 amide bonds. The van der Waals surface area contributed by atoms with Crippen molar-refractivity contribution >= 4 is 5.69 Å². The van der Waals surface area contributed by atoms with E-state index in [1.54, 1.807) is 0 Å². The molecule has 0 fully saturated rings. The number of nitrogens with zero attached hydrogens (tertiary/aromatic N) is 1. The molecule has 0 aliphatic rings. The molecule has 17 heavy (non-hydrogen) atoms. The Hall–Kier alpha value is -1.06. The summed E-state index contributed by atoms with van der Waals surface area (Å²) in [5, 5.41) is 0. The minimum Gasteiger partial charge on any atom is -0.380 e. The molecule has 0 saturated carbocycles. The van der Waals surface area contributed by atoms with Gasteiger partial charge in [0.05, 0.1) is 6.61 Å². The molecule has 1 rings (SSSR count). The topological polar surface area (TPSA) is 38.5 Å². The molecule has 1 aromatic carbocycles. The Morgan fingerprint density at radius 2 is 1.88 bits per heavy atom. The van der Waals surface area contributed by atoms with Crippen molar-refractivity contribution in [1.29, 1.82) is 0 Å². The first-order chi connectivity index (χ1) is 8.38. The average molecular weight is 236 g/mol. The highest BCUT2D eigenvalue weighted by atomic mass is 16.5. The van der Waals surface area contributed by atoms with Crippen LogP contribution in [0.1, 0.15) is 19.8 Å². The molecule has 0 saturated heterocycles. The molecule has 0 aliphatic carbocycles. The Morgan fingerprint density at radius 3 is 2.53 bits per heavy atom. The molecule has 3 nitrogen and oxygen atoms in total. The molecule has 96 valence electrons. The normalized spacial score (nSPS) is 10.5. The van der Waals surface area contributed by atoms with Crippen LogP contribution in [0, 0.1) is 0 Å². The van der Waals surface area contributed by atoms with E-state index < -0.39 is 0 Å². The van der Waals surface area contributed by atoms with Crippen LogP contribution in [0.4, 0.5) is 5.69 Å². The number of benzene rings is 1. The first-order valence-corrected chi connectivity index (χ1v) is 6.46. The molecule has 0 aromatic heterocycles. The van der Waals surface area contributed by atoms with Gasteiger partial charge in [-0.05, 0) is 31.5 Å². The molecule has 0 aliphatic heterocycles. The molecule has 0 heterocycles. The van der Waals surface area contributed by atoms with Crippen LogP contribution in [0.15, 0.2) is 30.3 Å². The first-order valence-electron chi connectivity index (χ1n) is 6.46. The highest BCUT2D eigenvalue weighted by molar-refractivity contribution is 5.45. The zero-order valence-electron chi connectivity index (χ0n) is 10.8. The molecular formula is C14H24N2O. The Balaban J connectivity index is 2.43. The van der Waals surface area contributed by atoms with E-state index in [0.29, 0.717) is 0 Å². The summed E-state index contributed by atoms with van der Waals surface area (Å²) in [7, 11) is 0. The Morgan fingerprint density at radius 1 is 1.12 bits per heavy atom. The largest absolute Gasteiger partial charge is 0.380 e. The predicted molar refractivity (Wildman–Crippen MR) is 73.4 cm³/mol. The van der Waals surface area contributed by atoms with Crippen molar-refractivity contribution in [2.24, 2.45) is 5.73 Å². The fourth-order valence-electron chi connectivity index (χ4n) is 1.71. The van der Waals surface area contributed by atoms with E-state index >= 15 is 0 Å². The standard InChI is InChI=1S/C14H24N2O/c1-2-12-17-13-11-16(10-6-9-15)14-7-4-3-5-8-14/h3-5,7-8H,2,6,9-13,15H2,1H3. The van der Waals surface area contributed by atoms with Gasteiger partial charge in [-0.25, -0.2) is 0 Å². The monoisotopic (exact) mass is 236 g/mol. The maximum Gasteiger partial charge on any atom is 0.0641 e. The fourth-order valence-corrected chi connectivity index (χ4v) is 1.71. The van der Waals surface area contributed by atoms with Crippen molar-refractivity contribution in [2.75, 3.05) is 37.7 Å². The molecule has 2 N–H and O–H groups in total. The summed E-state index contributed by atoms with van der Waals surface area (Å²) >= 11 is 0. The van der Waals surface area contributed by atoms with Gasteiger partial charge < -0.3 is 15.4 Å². The third-order valence-corrected chi connectivity index (χ3v) is 2.61. The van der Waals surface area contributed by atoms with Crippen molar-refractivity contribution in [1.82, 2.24) is 0 Å². The van der Waals surface area contributed by atoms with Crippen LogP contribution in [0.25, 0.3) is 0 Å². The van der Waals surface area contributed by atoms with Gasteiger partial charge in [0.25, 0.3) is 0 Å². The van der Waals surface area contributed by atoms with Crippen LogP contribution in [0.3, 0.4) is 0 Å². The Labute approximate surface area is 105 Å². The lowest BCUT2D eigenvalue weighted by Crippen LogP contribution is -2.29. The van der Waals surface area contributed by atoms with Crippen LogP contribution in [-0.4, -0.2) is 32.8 Å². The number of hydrogen-bond acceptors (Lipinski definition) is 3. The smallest absolute Gasteiger partial charge is 0.0641 e. The average Bonchev–Trinajstić information content (AvgIpc) is 2.39. The van der Waals surface area contributed by atoms with Crippen LogP contribution in [0.5, 0.6) is 0 Å². The first kappa shape index (κ1) is 14.0. The second kappa shape index (κ2) is 9.02. The lowest BCUT2D eigenvalue weighted by atomic mass is 10.2. The highest BCUT2D eigenvalue weighted by Gasteiger charge is 2.04. The van der Waals surface area contributed by atoms with Crippen molar-refractivity contribution in [3.05, 3.63) is 30.3 Å². The molecule has 0 atom stereocenters. The summed E-state index contributed by atoms with van der Waals surface area (Å²) in [5.41, 5.74) is 6.82. The predicted octanol–water partition coefficient (Wildman–Crippen LogP) is 2.27. The molecule has 0 spiro atoms. The fraction of sp³-hybridized carbons (Fsp3) is 0.571. The van der Waals surface area contributed by atoms with Gasteiger partial charge in [-0.3, -0.25) is 0 Å². The Kier molecular flexibility index (Phi) is 7.43. The van der Waals surface area contributed by atoms with Gasteiger partial charge in [0.1, 0.15) is 0 Å². The van der Waals surface area contributed by atoms with E-state index in [0.717, 1.165) is 45.7 Å².